The van der Waals surface area contributed by atoms with E-state index in [1.54, 1.807) is 13.0 Å². The van der Waals surface area contributed by atoms with Crippen LogP contribution < -0.4 is 10.0 Å². The van der Waals surface area contributed by atoms with Crippen LogP contribution in [-0.4, -0.2) is 38.8 Å². The molecule has 0 saturated carbocycles. The van der Waals surface area contributed by atoms with Crippen LogP contribution in [0.4, 0.5) is 0 Å². The van der Waals surface area contributed by atoms with Crippen LogP contribution in [0, 0.1) is 6.92 Å². The lowest BCUT2D eigenvalue weighted by molar-refractivity contribution is -0.120. The molecule has 1 aromatic heterocycles. The Kier molecular flexibility index (Phi) is 4.64. The Morgan fingerprint density at radius 2 is 2.24 bits per heavy atom. The molecule has 0 fully saturated rings. The number of carbonyl (C=O) groups is 1. The van der Waals surface area contributed by atoms with Gasteiger partial charge in [-0.05, 0) is 14.0 Å². The second kappa shape index (κ2) is 5.78. The zero-order valence-electron chi connectivity index (χ0n) is 9.69. The maximum atomic E-state index is 11.4. The molecule has 0 atom stereocenters. The Morgan fingerprint density at radius 3 is 2.76 bits per heavy atom. The van der Waals surface area contributed by atoms with Crippen molar-refractivity contribution >= 4 is 15.9 Å². The smallest absolute Gasteiger partial charge is 0.226 e. The summed E-state index contributed by atoms with van der Waals surface area (Å²) in [6.07, 6.45) is 0.0803. The fourth-order valence-electron chi connectivity index (χ4n) is 1.16. The molecule has 1 rings (SSSR count). The molecule has 0 spiro atoms. The number of carbonyl (C=O) groups excluding carboxylic acids is 1. The average Bonchev–Trinajstić information content (AvgIpc) is 2.63. The van der Waals surface area contributed by atoms with E-state index < -0.39 is 10.0 Å². The molecule has 0 bridgehead atoms. The van der Waals surface area contributed by atoms with Crippen LogP contribution in [0.25, 0.3) is 0 Å². The summed E-state index contributed by atoms with van der Waals surface area (Å²) in [5.41, 5.74) is 0.525. The van der Waals surface area contributed by atoms with Crippen LogP contribution in [0.5, 0.6) is 0 Å². The number of hydrogen-bond donors (Lipinski definition) is 2. The average molecular weight is 261 g/mol. The Hall–Kier alpha value is -1.41. The van der Waals surface area contributed by atoms with E-state index in [1.807, 2.05) is 0 Å². The molecular weight excluding hydrogens is 246 g/mol. The minimum atomic E-state index is -3.28. The second-order valence-corrected chi connectivity index (χ2v) is 5.52. The Bertz CT molecular complexity index is 480. The number of nitrogens with one attached hydrogen (secondary N) is 2. The topological polar surface area (TPSA) is 101 Å². The molecule has 17 heavy (non-hydrogen) atoms. The van der Waals surface area contributed by atoms with Crippen molar-refractivity contribution < 1.29 is 17.7 Å². The molecule has 0 saturated heterocycles. The molecule has 0 aliphatic heterocycles. The molecule has 8 heteroatoms. The molecule has 0 aromatic carbocycles. The molecule has 1 amide bonds. The fraction of sp³-hybridized carbons (Fsp3) is 0.556. The minimum Gasteiger partial charge on any atom is -0.361 e. The van der Waals surface area contributed by atoms with Gasteiger partial charge in [-0.2, -0.15) is 0 Å². The molecule has 7 nitrogen and oxygen atoms in total. The van der Waals surface area contributed by atoms with Crippen molar-refractivity contribution in [1.82, 2.24) is 15.2 Å². The maximum absolute atomic E-state index is 11.4. The van der Waals surface area contributed by atoms with Gasteiger partial charge in [0.05, 0.1) is 17.9 Å². The van der Waals surface area contributed by atoms with Gasteiger partial charge in [0.2, 0.25) is 15.9 Å². The van der Waals surface area contributed by atoms with Crippen molar-refractivity contribution in [3.8, 4) is 0 Å². The molecular formula is C9H15N3O4S. The SMILES string of the molecule is CNS(=O)(=O)CCNC(=O)Cc1cc(C)on1. The van der Waals surface area contributed by atoms with Crippen LogP contribution in [0.3, 0.4) is 0 Å². The molecule has 0 aliphatic rings. The third-order valence-corrected chi connectivity index (χ3v) is 3.39. The van der Waals surface area contributed by atoms with Crippen molar-refractivity contribution in [3.05, 3.63) is 17.5 Å². The summed E-state index contributed by atoms with van der Waals surface area (Å²) < 4.78 is 29.1. The third kappa shape index (κ3) is 4.96. The summed E-state index contributed by atoms with van der Waals surface area (Å²) in [6, 6.07) is 1.66. The van der Waals surface area contributed by atoms with E-state index in [-0.39, 0.29) is 24.6 Å². The Balaban J connectivity index is 2.31. The summed E-state index contributed by atoms with van der Waals surface area (Å²) >= 11 is 0. The number of amides is 1. The monoisotopic (exact) mass is 261 g/mol. The standard InChI is InChI=1S/C9H15N3O4S/c1-7-5-8(12-16-7)6-9(13)11-3-4-17(14,15)10-2/h5,10H,3-4,6H2,1-2H3,(H,11,13). The van der Waals surface area contributed by atoms with Crippen LogP contribution in [-0.2, 0) is 21.2 Å². The van der Waals surface area contributed by atoms with Gasteiger partial charge < -0.3 is 9.84 Å². The summed E-state index contributed by atoms with van der Waals surface area (Å²) in [4.78, 5) is 11.4. The molecule has 96 valence electrons. The van der Waals surface area contributed by atoms with Gasteiger partial charge >= 0.3 is 0 Å². The lowest BCUT2D eigenvalue weighted by Gasteiger charge is -2.04. The zero-order valence-corrected chi connectivity index (χ0v) is 10.5. The number of rotatable bonds is 6. The van der Waals surface area contributed by atoms with Gasteiger partial charge in [0, 0.05) is 12.6 Å². The normalized spacial score (nSPS) is 11.4. The number of aryl methyl sites for hydroxylation is 1. The molecule has 2 N–H and O–H groups in total. The predicted molar refractivity (Wildman–Crippen MR) is 60.8 cm³/mol. The van der Waals surface area contributed by atoms with Gasteiger partial charge in [-0.3, -0.25) is 4.79 Å². The second-order valence-electron chi connectivity index (χ2n) is 3.48. The van der Waals surface area contributed by atoms with E-state index >= 15 is 0 Å². The van der Waals surface area contributed by atoms with Gasteiger partial charge in [0.25, 0.3) is 0 Å². The van der Waals surface area contributed by atoms with Crippen molar-refractivity contribution in [2.24, 2.45) is 0 Å². The molecule has 0 radical (unpaired) electrons. The molecule has 0 aliphatic carbocycles. The van der Waals surface area contributed by atoms with E-state index in [2.05, 4.69) is 15.2 Å². The number of aromatic nitrogens is 1. The van der Waals surface area contributed by atoms with Gasteiger partial charge in [-0.1, -0.05) is 5.16 Å². The van der Waals surface area contributed by atoms with Crippen LogP contribution >= 0.6 is 0 Å². The first-order valence-electron chi connectivity index (χ1n) is 5.03. The highest BCUT2D eigenvalue weighted by molar-refractivity contribution is 7.89. The van der Waals surface area contributed by atoms with Crippen LogP contribution in [0.15, 0.2) is 10.6 Å². The lowest BCUT2D eigenvalue weighted by Crippen LogP contribution is -2.33. The van der Waals surface area contributed by atoms with E-state index in [1.165, 1.54) is 7.05 Å². The van der Waals surface area contributed by atoms with E-state index in [9.17, 15) is 13.2 Å². The Morgan fingerprint density at radius 1 is 1.53 bits per heavy atom. The van der Waals surface area contributed by atoms with Crippen molar-refractivity contribution in [1.29, 1.82) is 0 Å². The molecule has 1 aromatic rings. The highest BCUT2D eigenvalue weighted by Crippen LogP contribution is 2.01. The van der Waals surface area contributed by atoms with E-state index in [4.69, 9.17) is 4.52 Å². The predicted octanol–water partition coefficient (Wildman–Crippen LogP) is -0.809. The van der Waals surface area contributed by atoms with Crippen molar-refractivity contribution in [2.45, 2.75) is 13.3 Å². The van der Waals surface area contributed by atoms with Gasteiger partial charge in [0.15, 0.2) is 0 Å². The van der Waals surface area contributed by atoms with E-state index in [0.717, 1.165) is 0 Å². The van der Waals surface area contributed by atoms with Gasteiger partial charge in [-0.15, -0.1) is 0 Å². The third-order valence-electron chi connectivity index (χ3n) is 2.02. The first-order valence-corrected chi connectivity index (χ1v) is 6.68. The highest BCUT2D eigenvalue weighted by Gasteiger charge is 2.10. The van der Waals surface area contributed by atoms with Crippen molar-refractivity contribution in [3.63, 3.8) is 0 Å². The summed E-state index contributed by atoms with van der Waals surface area (Å²) in [5, 5.41) is 6.15. The summed E-state index contributed by atoms with van der Waals surface area (Å²) in [7, 11) is -1.95. The quantitative estimate of drug-likeness (QED) is 0.697. The van der Waals surface area contributed by atoms with E-state index in [0.29, 0.717) is 11.5 Å². The summed E-state index contributed by atoms with van der Waals surface area (Å²) in [6.45, 7) is 1.80. The molecule has 0 unspecified atom stereocenters. The summed E-state index contributed by atoms with van der Waals surface area (Å²) in [5.74, 6) is 0.197. The molecule has 1 heterocycles. The zero-order chi connectivity index (χ0) is 12.9. The fourth-order valence-corrected chi connectivity index (χ4v) is 1.73. The largest absolute Gasteiger partial charge is 0.361 e. The van der Waals surface area contributed by atoms with Gasteiger partial charge in [0.1, 0.15) is 5.76 Å². The number of hydrogen-bond acceptors (Lipinski definition) is 5. The Labute approximate surface area is 99.6 Å². The first-order chi connectivity index (χ1) is 7.93. The van der Waals surface area contributed by atoms with Crippen LogP contribution in [0.1, 0.15) is 11.5 Å². The minimum absolute atomic E-state index is 0.0683. The van der Waals surface area contributed by atoms with Crippen molar-refractivity contribution in [2.75, 3.05) is 19.3 Å². The number of sulfonamides is 1. The van der Waals surface area contributed by atoms with Gasteiger partial charge in [-0.25, -0.2) is 13.1 Å². The first kappa shape index (κ1) is 13.7. The highest BCUT2D eigenvalue weighted by atomic mass is 32.2. The lowest BCUT2D eigenvalue weighted by atomic mass is 10.3. The maximum Gasteiger partial charge on any atom is 0.226 e. The number of nitrogens with zero attached hydrogens (tertiary/aromatic N) is 1. The van der Waals surface area contributed by atoms with Crippen LogP contribution in [0.2, 0.25) is 0 Å².